The van der Waals surface area contributed by atoms with E-state index in [0.29, 0.717) is 21.4 Å². The standard InChI is InChI=1S/C17H17Cl2N3O4S/c1-22(27(24,25)14-8-6-13(26-2)7-9-14)11-16(23)21-20-10-12-4-3-5-15(18)17(12)19/h3-10H,11H2,1-2H3,(H,21,23)/b20-10-. The molecule has 0 saturated heterocycles. The number of sulfonamides is 1. The zero-order chi connectivity index (χ0) is 20.0. The van der Waals surface area contributed by atoms with E-state index < -0.39 is 22.5 Å². The van der Waals surface area contributed by atoms with Gasteiger partial charge in [0.25, 0.3) is 5.91 Å². The number of nitrogens with one attached hydrogen (secondary N) is 1. The van der Waals surface area contributed by atoms with Crippen molar-refractivity contribution in [1.82, 2.24) is 9.73 Å². The molecule has 27 heavy (non-hydrogen) atoms. The quantitative estimate of drug-likeness (QED) is 0.541. The molecule has 0 fully saturated rings. The summed E-state index contributed by atoms with van der Waals surface area (Å²) in [6.45, 7) is -0.408. The average molecular weight is 430 g/mol. The lowest BCUT2D eigenvalue weighted by Crippen LogP contribution is -2.36. The second kappa shape index (κ2) is 9.18. The minimum absolute atomic E-state index is 0.0489. The molecule has 0 aliphatic rings. The van der Waals surface area contributed by atoms with Crippen molar-refractivity contribution in [1.29, 1.82) is 0 Å². The fourth-order valence-electron chi connectivity index (χ4n) is 2.04. The Kier molecular flexibility index (Phi) is 7.20. The normalized spacial score (nSPS) is 11.7. The first-order chi connectivity index (χ1) is 12.8. The molecule has 0 unspecified atom stereocenters. The molecule has 7 nitrogen and oxygen atoms in total. The van der Waals surface area contributed by atoms with Crippen LogP contribution >= 0.6 is 23.2 Å². The molecular weight excluding hydrogens is 413 g/mol. The molecule has 0 aromatic heterocycles. The Morgan fingerprint density at radius 1 is 1.22 bits per heavy atom. The van der Waals surface area contributed by atoms with E-state index in [-0.39, 0.29) is 4.90 Å². The predicted octanol–water partition coefficient (Wildman–Crippen LogP) is 2.77. The highest BCUT2D eigenvalue weighted by molar-refractivity contribution is 7.89. The van der Waals surface area contributed by atoms with Gasteiger partial charge in [-0.1, -0.05) is 35.3 Å². The van der Waals surface area contributed by atoms with Crippen LogP contribution < -0.4 is 10.2 Å². The molecule has 2 aromatic carbocycles. The lowest BCUT2D eigenvalue weighted by atomic mass is 10.2. The van der Waals surface area contributed by atoms with Gasteiger partial charge in [0.1, 0.15) is 5.75 Å². The van der Waals surface area contributed by atoms with Gasteiger partial charge in [0.05, 0.1) is 34.8 Å². The number of likely N-dealkylation sites (N-methyl/N-ethyl adjacent to an activating group) is 1. The summed E-state index contributed by atoms with van der Waals surface area (Å²) in [7, 11) is -1.04. The molecule has 1 N–H and O–H groups in total. The van der Waals surface area contributed by atoms with Crippen LogP contribution in [0.1, 0.15) is 5.56 Å². The van der Waals surface area contributed by atoms with Crippen LogP contribution in [0.4, 0.5) is 0 Å². The van der Waals surface area contributed by atoms with Crippen molar-refractivity contribution in [2.45, 2.75) is 4.90 Å². The summed E-state index contributed by atoms with van der Waals surface area (Å²) in [5, 5.41) is 4.43. The number of halogens is 2. The highest BCUT2D eigenvalue weighted by Crippen LogP contribution is 2.24. The SMILES string of the molecule is COc1ccc(S(=O)(=O)N(C)CC(=O)N/N=C\c2cccc(Cl)c2Cl)cc1. The number of rotatable bonds is 7. The summed E-state index contributed by atoms with van der Waals surface area (Å²) in [5.41, 5.74) is 2.77. The number of carbonyl (C=O) groups is 1. The molecule has 0 spiro atoms. The minimum Gasteiger partial charge on any atom is -0.497 e. The Labute approximate surface area is 167 Å². The van der Waals surface area contributed by atoms with Crippen LogP contribution in [0.2, 0.25) is 10.0 Å². The molecule has 144 valence electrons. The number of nitrogens with zero attached hydrogens (tertiary/aromatic N) is 2. The van der Waals surface area contributed by atoms with E-state index in [0.717, 1.165) is 4.31 Å². The molecule has 0 aliphatic heterocycles. The summed E-state index contributed by atoms with van der Waals surface area (Å²) in [5.74, 6) is -0.0765. The van der Waals surface area contributed by atoms with Crippen molar-refractivity contribution >= 4 is 45.3 Å². The molecular formula is C17H17Cl2N3O4S. The highest BCUT2D eigenvalue weighted by Gasteiger charge is 2.22. The lowest BCUT2D eigenvalue weighted by molar-refractivity contribution is -0.121. The maximum atomic E-state index is 12.5. The van der Waals surface area contributed by atoms with Gasteiger partial charge in [-0.25, -0.2) is 13.8 Å². The van der Waals surface area contributed by atoms with Gasteiger partial charge in [-0.05, 0) is 30.3 Å². The van der Waals surface area contributed by atoms with Crippen molar-refractivity contribution in [2.75, 3.05) is 20.7 Å². The number of hydrazone groups is 1. The highest BCUT2D eigenvalue weighted by atomic mass is 35.5. The molecule has 10 heteroatoms. The van der Waals surface area contributed by atoms with E-state index in [1.165, 1.54) is 44.6 Å². The Morgan fingerprint density at radius 3 is 2.52 bits per heavy atom. The van der Waals surface area contributed by atoms with Crippen LogP contribution in [0.15, 0.2) is 52.5 Å². The number of methoxy groups -OCH3 is 1. The van der Waals surface area contributed by atoms with E-state index in [1.807, 2.05) is 0 Å². The van der Waals surface area contributed by atoms with Crippen LogP contribution in [-0.2, 0) is 14.8 Å². The lowest BCUT2D eigenvalue weighted by Gasteiger charge is -2.16. The minimum atomic E-state index is -3.82. The first kappa shape index (κ1) is 21.2. The van der Waals surface area contributed by atoms with Gasteiger partial charge in [0.2, 0.25) is 10.0 Å². The monoisotopic (exact) mass is 429 g/mol. The molecule has 1 amide bonds. The van der Waals surface area contributed by atoms with Crippen LogP contribution in [0.25, 0.3) is 0 Å². The van der Waals surface area contributed by atoms with Crippen molar-refractivity contribution < 1.29 is 17.9 Å². The van der Waals surface area contributed by atoms with E-state index in [2.05, 4.69) is 10.5 Å². The third kappa shape index (κ3) is 5.43. The number of benzene rings is 2. The molecule has 0 heterocycles. The van der Waals surface area contributed by atoms with Gasteiger partial charge in [-0.2, -0.15) is 9.41 Å². The topological polar surface area (TPSA) is 88.1 Å². The van der Waals surface area contributed by atoms with Crippen molar-refractivity contribution in [3.8, 4) is 5.75 Å². The Hall–Kier alpha value is -2.13. The molecule has 0 aliphatic carbocycles. The molecule has 0 atom stereocenters. The van der Waals surface area contributed by atoms with Crippen LogP contribution in [0, 0.1) is 0 Å². The second-order valence-corrected chi connectivity index (χ2v) is 8.20. The van der Waals surface area contributed by atoms with Gasteiger partial charge in [-0.15, -0.1) is 0 Å². The average Bonchev–Trinajstić information content (AvgIpc) is 2.65. The Balaban J connectivity index is 1.99. The van der Waals surface area contributed by atoms with Gasteiger partial charge >= 0.3 is 0 Å². The number of ether oxygens (including phenoxy) is 1. The largest absolute Gasteiger partial charge is 0.497 e. The number of carbonyl (C=O) groups excluding carboxylic acids is 1. The van der Waals surface area contributed by atoms with Crippen molar-refractivity contribution in [3.63, 3.8) is 0 Å². The first-order valence-electron chi connectivity index (χ1n) is 7.62. The molecule has 2 aromatic rings. The first-order valence-corrected chi connectivity index (χ1v) is 9.81. The van der Waals surface area contributed by atoms with E-state index in [4.69, 9.17) is 27.9 Å². The zero-order valence-corrected chi connectivity index (χ0v) is 16.8. The fraction of sp³-hybridized carbons (Fsp3) is 0.176. The number of hydrogen-bond acceptors (Lipinski definition) is 5. The molecule has 0 saturated carbocycles. The molecule has 2 rings (SSSR count). The van der Waals surface area contributed by atoms with Gasteiger partial charge < -0.3 is 4.74 Å². The van der Waals surface area contributed by atoms with Crippen LogP contribution in [-0.4, -0.2) is 45.5 Å². The number of amides is 1. The fourth-order valence-corrected chi connectivity index (χ4v) is 3.53. The molecule has 0 radical (unpaired) electrons. The van der Waals surface area contributed by atoms with Crippen molar-refractivity contribution in [2.24, 2.45) is 5.10 Å². The number of hydrogen-bond donors (Lipinski definition) is 1. The third-order valence-electron chi connectivity index (χ3n) is 3.51. The zero-order valence-electron chi connectivity index (χ0n) is 14.5. The Bertz CT molecular complexity index is 947. The smallest absolute Gasteiger partial charge is 0.255 e. The maximum absolute atomic E-state index is 12.5. The van der Waals surface area contributed by atoms with Gasteiger partial charge in [0, 0.05) is 12.6 Å². The molecule has 0 bridgehead atoms. The summed E-state index contributed by atoms with van der Waals surface area (Å²) in [6.07, 6.45) is 1.32. The summed E-state index contributed by atoms with van der Waals surface area (Å²) in [6, 6.07) is 10.8. The summed E-state index contributed by atoms with van der Waals surface area (Å²) < 4.78 is 30.9. The predicted molar refractivity (Wildman–Crippen MR) is 105 cm³/mol. The van der Waals surface area contributed by atoms with E-state index in [9.17, 15) is 13.2 Å². The summed E-state index contributed by atoms with van der Waals surface area (Å²) >= 11 is 11.9. The van der Waals surface area contributed by atoms with Crippen LogP contribution in [0.3, 0.4) is 0 Å². The Morgan fingerprint density at radius 2 is 1.89 bits per heavy atom. The third-order valence-corrected chi connectivity index (χ3v) is 6.16. The van der Waals surface area contributed by atoms with Crippen molar-refractivity contribution in [3.05, 3.63) is 58.1 Å². The second-order valence-electron chi connectivity index (χ2n) is 5.37. The van der Waals surface area contributed by atoms with E-state index in [1.54, 1.807) is 18.2 Å². The summed E-state index contributed by atoms with van der Waals surface area (Å²) in [4.78, 5) is 12.0. The van der Waals surface area contributed by atoms with Gasteiger partial charge in [-0.3, -0.25) is 4.79 Å². The van der Waals surface area contributed by atoms with E-state index >= 15 is 0 Å². The van der Waals surface area contributed by atoms with Crippen LogP contribution in [0.5, 0.6) is 5.75 Å². The maximum Gasteiger partial charge on any atom is 0.255 e. The van der Waals surface area contributed by atoms with Gasteiger partial charge in [0.15, 0.2) is 0 Å².